The number of anilines is 2. The topological polar surface area (TPSA) is 157 Å². The summed E-state index contributed by atoms with van der Waals surface area (Å²) < 4.78 is 3.53. The first-order valence-electron chi connectivity index (χ1n) is 18.7. The Morgan fingerprint density at radius 3 is 2.55 bits per heavy atom. The van der Waals surface area contributed by atoms with Crippen molar-refractivity contribution in [1.29, 1.82) is 5.26 Å². The van der Waals surface area contributed by atoms with Gasteiger partial charge in [-0.05, 0) is 85.8 Å². The Bertz CT molecular complexity index is 2190. The van der Waals surface area contributed by atoms with Crippen molar-refractivity contribution >= 4 is 34.9 Å². The second-order valence-corrected chi connectivity index (χ2v) is 15.2. The highest BCUT2D eigenvalue weighted by Crippen LogP contribution is 2.29. The van der Waals surface area contributed by atoms with E-state index in [-0.39, 0.29) is 29.8 Å². The highest BCUT2D eigenvalue weighted by atomic mass is 35.5. The van der Waals surface area contributed by atoms with E-state index >= 15 is 0 Å². The van der Waals surface area contributed by atoms with E-state index in [4.69, 9.17) is 16.9 Å². The van der Waals surface area contributed by atoms with Crippen molar-refractivity contribution in [1.82, 2.24) is 34.8 Å². The Kier molecular flexibility index (Phi) is 11.2. The van der Waals surface area contributed by atoms with Crippen molar-refractivity contribution in [2.24, 2.45) is 5.92 Å². The Labute approximate surface area is 325 Å². The molecule has 0 radical (unpaired) electrons. The Hall–Kier alpha value is -5.71. The first-order valence-corrected chi connectivity index (χ1v) is 19.1. The molecule has 13 nitrogen and oxygen atoms in total. The van der Waals surface area contributed by atoms with Gasteiger partial charge < -0.3 is 25.5 Å². The average Bonchev–Trinajstić information content (AvgIpc) is 4.01. The molecule has 5 aromatic rings. The normalized spacial score (nSPS) is 18.0. The summed E-state index contributed by atoms with van der Waals surface area (Å²) in [4.78, 5) is 35.1. The molecule has 0 saturated carbocycles. The first kappa shape index (κ1) is 37.6. The third-order valence-electron chi connectivity index (χ3n) is 10.2. The van der Waals surface area contributed by atoms with Crippen molar-refractivity contribution < 1.29 is 14.7 Å². The van der Waals surface area contributed by atoms with Crippen LogP contribution in [0.5, 0.6) is 0 Å². The van der Waals surface area contributed by atoms with E-state index in [1.807, 2.05) is 81.8 Å². The molecule has 0 spiro atoms. The molecule has 55 heavy (non-hydrogen) atoms. The highest BCUT2D eigenvalue weighted by molar-refractivity contribution is 6.32. The molecule has 14 heteroatoms. The molecule has 2 aromatic carbocycles. The van der Waals surface area contributed by atoms with Gasteiger partial charge in [-0.15, -0.1) is 0 Å². The SMILES string of the molecule is CC(C)[C@@H](C(=O)N1CC[C@@H](O)C1)n1cc(-c2ccnc(N3CCC(Nc4ccc(C(=O)N[C@@H](C)Cn5ccc(-c6ccc(C#N)c(Cl)c6)n5)cc4)C3)c2)cn1. The summed E-state index contributed by atoms with van der Waals surface area (Å²) in [6.07, 6.45) is 8.47. The van der Waals surface area contributed by atoms with Gasteiger partial charge in [-0.3, -0.25) is 19.0 Å². The maximum absolute atomic E-state index is 13.4. The molecule has 0 aliphatic carbocycles. The van der Waals surface area contributed by atoms with Crippen molar-refractivity contribution in [3.8, 4) is 28.5 Å². The summed E-state index contributed by atoms with van der Waals surface area (Å²) in [7, 11) is 0. The predicted octanol–water partition coefficient (Wildman–Crippen LogP) is 5.63. The number of likely N-dealkylation sites (tertiary alicyclic amines) is 1. The maximum Gasteiger partial charge on any atom is 0.251 e. The van der Waals surface area contributed by atoms with Crippen molar-refractivity contribution in [3.63, 3.8) is 0 Å². The second kappa shape index (κ2) is 16.3. The molecule has 284 valence electrons. The number of β-amino-alcohol motifs (C(OH)–C–C–N with tert-alkyl or cyclic N) is 1. The third-order valence-corrected chi connectivity index (χ3v) is 10.5. The van der Waals surface area contributed by atoms with Gasteiger partial charge in [0, 0.05) is 79.2 Å². The largest absolute Gasteiger partial charge is 0.391 e. The summed E-state index contributed by atoms with van der Waals surface area (Å²) in [5, 5.41) is 35.4. The third kappa shape index (κ3) is 8.66. The van der Waals surface area contributed by atoms with Crippen molar-refractivity contribution in [3.05, 3.63) is 102 Å². The first-order chi connectivity index (χ1) is 26.5. The Morgan fingerprint density at radius 1 is 1.00 bits per heavy atom. The molecule has 0 bridgehead atoms. The van der Waals surface area contributed by atoms with Crippen molar-refractivity contribution in [2.45, 2.75) is 64.4 Å². The number of rotatable bonds is 12. The standard InChI is InChI=1S/C41H45ClN10O3/c1-26(2)39(41(55)50-16-12-35(53)25-50)52-23-32(21-45-52)29-10-14-44-38(19-29)49-15-11-34(24-49)47-33-8-6-28(7-9-33)40(54)46-27(3)22-51-17-13-37(48-51)30-4-5-31(20-43)36(42)18-30/h4-10,13-14,17-19,21,23,26-27,34-35,39,47,53H,11-12,15-16,22,24-25H2,1-3H3,(H,46,54)/t27-,34?,35+,39-/m0/s1. The number of amides is 2. The van der Waals surface area contributed by atoms with E-state index in [9.17, 15) is 14.7 Å². The summed E-state index contributed by atoms with van der Waals surface area (Å²) >= 11 is 6.20. The zero-order valence-corrected chi connectivity index (χ0v) is 31.9. The number of aromatic nitrogens is 5. The minimum atomic E-state index is -0.463. The number of hydrogen-bond donors (Lipinski definition) is 3. The summed E-state index contributed by atoms with van der Waals surface area (Å²) in [6, 6.07) is 20.3. The molecule has 4 atom stereocenters. The van der Waals surface area contributed by atoms with E-state index in [1.54, 1.807) is 32.6 Å². The number of halogens is 1. The van der Waals surface area contributed by atoms with Crippen LogP contribution in [0.1, 0.15) is 55.6 Å². The monoisotopic (exact) mass is 760 g/mol. The lowest BCUT2D eigenvalue weighted by molar-refractivity contribution is -0.135. The van der Waals surface area contributed by atoms with E-state index < -0.39 is 12.1 Å². The molecule has 2 aliphatic heterocycles. The zero-order chi connectivity index (χ0) is 38.6. The van der Waals surface area contributed by atoms with Gasteiger partial charge >= 0.3 is 0 Å². The molecule has 7 rings (SSSR count). The van der Waals surface area contributed by atoms with Gasteiger partial charge in [-0.25, -0.2) is 4.98 Å². The fourth-order valence-electron chi connectivity index (χ4n) is 7.30. The molecular weight excluding hydrogens is 716 g/mol. The number of carbonyl (C=O) groups is 2. The Morgan fingerprint density at radius 2 is 1.82 bits per heavy atom. The van der Waals surface area contributed by atoms with Crippen LogP contribution in [0.4, 0.5) is 11.5 Å². The smallest absolute Gasteiger partial charge is 0.251 e. The van der Waals surface area contributed by atoms with Gasteiger partial charge in [-0.1, -0.05) is 31.5 Å². The zero-order valence-electron chi connectivity index (χ0n) is 31.1. The molecular formula is C41H45ClN10O3. The quantitative estimate of drug-likeness (QED) is 0.147. The number of pyridine rings is 1. The van der Waals surface area contributed by atoms with E-state index in [0.29, 0.717) is 42.2 Å². The summed E-state index contributed by atoms with van der Waals surface area (Å²) in [6.45, 7) is 9.01. The molecule has 3 N–H and O–H groups in total. The number of aliphatic hydroxyl groups excluding tert-OH is 1. The molecule has 3 aromatic heterocycles. The minimum Gasteiger partial charge on any atom is -0.391 e. The number of nitrogens with one attached hydrogen (secondary N) is 2. The number of nitriles is 1. The molecule has 1 unspecified atom stereocenters. The van der Waals surface area contributed by atoms with Gasteiger partial charge in [0.25, 0.3) is 5.91 Å². The van der Waals surface area contributed by atoms with Crippen LogP contribution in [0.3, 0.4) is 0 Å². The fraction of sp³-hybridized carbons (Fsp3) is 0.366. The molecule has 2 aliphatic rings. The lowest BCUT2D eigenvalue weighted by atomic mass is 10.0. The molecule has 2 fully saturated rings. The van der Waals surface area contributed by atoms with Crippen LogP contribution in [-0.2, 0) is 11.3 Å². The highest BCUT2D eigenvalue weighted by Gasteiger charge is 2.33. The van der Waals surface area contributed by atoms with Crippen molar-refractivity contribution in [2.75, 3.05) is 36.4 Å². The van der Waals surface area contributed by atoms with Crippen LogP contribution < -0.4 is 15.5 Å². The average molecular weight is 761 g/mol. The molecule has 2 amide bonds. The lowest BCUT2D eigenvalue weighted by Crippen LogP contribution is -2.38. The van der Waals surface area contributed by atoms with Crippen LogP contribution in [0, 0.1) is 17.2 Å². The number of aliphatic hydroxyl groups is 1. The van der Waals surface area contributed by atoms with Gasteiger partial charge in [-0.2, -0.15) is 15.5 Å². The van der Waals surface area contributed by atoms with Gasteiger partial charge in [0.05, 0.1) is 35.1 Å². The van der Waals surface area contributed by atoms with E-state index in [1.165, 1.54) is 0 Å². The van der Waals surface area contributed by atoms with E-state index in [2.05, 4.69) is 42.9 Å². The summed E-state index contributed by atoms with van der Waals surface area (Å²) in [5.41, 5.74) is 5.37. The van der Waals surface area contributed by atoms with Crippen LogP contribution in [0.15, 0.2) is 85.5 Å². The van der Waals surface area contributed by atoms with E-state index in [0.717, 1.165) is 53.4 Å². The Balaban J connectivity index is 0.909. The number of carbonyl (C=O) groups excluding carboxylic acids is 2. The van der Waals surface area contributed by atoms with Crippen LogP contribution >= 0.6 is 11.6 Å². The maximum atomic E-state index is 13.4. The fourth-order valence-corrected chi connectivity index (χ4v) is 7.52. The lowest BCUT2D eigenvalue weighted by Gasteiger charge is -2.26. The van der Waals surface area contributed by atoms with Gasteiger partial charge in [0.1, 0.15) is 17.9 Å². The number of benzene rings is 2. The number of nitrogens with zero attached hydrogens (tertiary/aromatic N) is 8. The number of hydrogen-bond acceptors (Lipinski definition) is 9. The van der Waals surface area contributed by atoms with Gasteiger partial charge in [0.2, 0.25) is 5.91 Å². The predicted molar refractivity (Wildman–Crippen MR) is 212 cm³/mol. The van der Waals surface area contributed by atoms with Crippen LogP contribution in [0.2, 0.25) is 5.02 Å². The second-order valence-electron chi connectivity index (χ2n) is 14.8. The van der Waals surface area contributed by atoms with Crippen LogP contribution in [0.25, 0.3) is 22.4 Å². The molecule has 5 heterocycles. The van der Waals surface area contributed by atoms with Gasteiger partial charge in [0.15, 0.2) is 0 Å². The minimum absolute atomic E-state index is 0.00944. The summed E-state index contributed by atoms with van der Waals surface area (Å²) in [5.74, 6) is 0.744. The molecule has 2 saturated heterocycles. The van der Waals surface area contributed by atoms with Crippen LogP contribution in [-0.4, -0.2) is 90.7 Å².